The number of rotatable bonds is 6. The standard InChI is InChI=1S/C14H17NO5/c1-3-20-13(19)14(12(17)18,15-10(2)16)9-11-7-5-4-6-8-11/h4-8H,3,9H2,1-2H3,(H,15,16)(H,17,18). The Hall–Kier alpha value is -2.37. The third-order valence-electron chi connectivity index (χ3n) is 2.69. The Kier molecular flexibility index (Phi) is 5.25. The van der Waals surface area contributed by atoms with E-state index in [4.69, 9.17) is 4.74 Å². The fourth-order valence-corrected chi connectivity index (χ4v) is 1.84. The van der Waals surface area contributed by atoms with Crippen molar-refractivity contribution < 1.29 is 24.2 Å². The van der Waals surface area contributed by atoms with Crippen molar-refractivity contribution in [3.05, 3.63) is 35.9 Å². The van der Waals surface area contributed by atoms with Crippen LogP contribution in [0, 0.1) is 0 Å². The fourth-order valence-electron chi connectivity index (χ4n) is 1.84. The van der Waals surface area contributed by atoms with Gasteiger partial charge in [-0.1, -0.05) is 30.3 Å². The van der Waals surface area contributed by atoms with Gasteiger partial charge in [0.25, 0.3) is 0 Å². The topological polar surface area (TPSA) is 92.7 Å². The molecule has 108 valence electrons. The van der Waals surface area contributed by atoms with Gasteiger partial charge in [-0.15, -0.1) is 0 Å². The van der Waals surface area contributed by atoms with Gasteiger partial charge >= 0.3 is 11.9 Å². The molecule has 0 aliphatic rings. The molecule has 1 unspecified atom stereocenters. The molecule has 2 N–H and O–H groups in total. The first-order valence-electron chi connectivity index (χ1n) is 6.15. The molecule has 0 heterocycles. The molecule has 6 heteroatoms. The van der Waals surface area contributed by atoms with Crippen molar-refractivity contribution in [1.29, 1.82) is 0 Å². The number of esters is 1. The number of carboxylic acid groups (broad SMARTS) is 1. The minimum Gasteiger partial charge on any atom is -0.479 e. The number of hydrogen-bond acceptors (Lipinski definition) is 4. The predicted molar refractivity (Wildman–Crippen MR) is 71.0 cm³/mol. The summed E-state index contributed by atoms with van der Waals surface area (Å²) in [5.41, 5.74) is -1.50. The molecular formula is C14H17NO5. The average molecular weight is 279 g/mol. The van der Waals surface area contributed by atoms with Crippen LogP contribution in [-0.2, 0) is 25.5 Å². The van der Waals surface area contributed by atoms with Crippen LogP contribution in [0.2, 0.25) is 0 Å². The van der Waals surface area contributed by atoms with Gasteiger partial charge in [0.1, 0.15) is 0 Å². The van der Waals surface area contributed by atoms with Crippen LogP contribution in [0.15, 0.2) is 30.3 Å². The van der Waals surface area contributed by atoms with E-state index >= 15 is 0 Å². The SMILES string of the molecule is CCOC(=O)C(Cc1ccccc1)(NC(C)=O)C(=O)O. The smallest absolute Gasteiger partial charge is 0.344 e. The minimum atomic E-state index is -2.11. The van der Waals surface area contributed by atoms with Gasteiger partial charge in [-0.05, 0) is 12.5 Å². The molecule has 1 atom stereocenters. The van der Waals surface area contributed by atoms with Gasteiger partial charge in [-0.25, -0.2) is 9.59 Å². The highest BCUT2D eigenvalue weighted by molar-refractivity contribution is 6.07. The molecule has 0 aromatic heterocycles. The average Bonchev–Trinajstić information content (AvgIpc) is 2.38. The Morgan fingerprint density at radius 1 is 1.25 bits per heavy atom. The van der Waals surface area contributed by atoms with Crippen molar-refractivity contribution in [3.63, 3.8) is 0 Å². The largest absolute Gasteiger partial charge is 0.479 e. The first kappa shape index (κ1) is 15.7. The summed E-state index contributed by atoms with van der Waals surface area (Å²) < 4.78 is 4.81. The van der Waals surface area contributed by atoms with Crippen molar-refractivity contribution in [3.8, 4) is 0 Å². The van der Waals surface area contributed by atoms with E-state index in [1.54, 1.807) is 37.3 Å². The number of ether oxygens (including phenoxy) is 1. The summed E-state index contributed by atoms with van der Waals surface area (Å²) >= 11 is 0. The van der Waals surface area contributed by atoms with Crippen LogP contribution >= 0.6 is 0 Å². The monoisotopic (exact) mass is 279 g/mol. The van der Waals surface area contributed by atoms with Crippen molar-refractivity contribution >= 4 is 17.8 Å². The van der Waals surface area contributed by atoms with Crippen molar-refractivity contribution in [2.75, 3.05) is 6.61 Å². The molecular weight excluding hydrogens is 262 g/mol. The summed E-state index contributed by atoms with van der Waals surface area (Å²) in [4.78, 5) is 34.9. The molecule has 1 rings (SSSR count). The van der Waals surface area contributed by atoms with E-state index in [1.165, 1.54) is 0 Å². The summed E-state index contributed by atoms with van der Waals surface area (Å²) in [5.74, 6) is -3.04. The van der Waals surface area contributed by atoms with Crippen molar-refractivity contribution in [2.24, 2.45) is 0 Å². The predicted octanol–water partition coefficient (Wildman–Crippen LogP) is 0.752. The summed E-state index contributed by atoms with van der Waals surface area (Å²) in [7, 11) is 0. The summed E-state index contributed by atoms with van der Waals surface area (Å²) in [6, 6.07) is 8.58. The Balaban J connectivity index is 3.18. The molecule has 0 fully saturated rings. The van der Waals surface area contributed by atoms with Gasteiger partial charge in [-0.2, -0.15) is 0 Å². The Morgan fingerprint density at radius 2 is 1.85 bits per heavy atom. The van der Waals surface area contributed by atoms with Gasteiger partial charge in [-0.3, -0.25) is 4.79 Å². The lowest BCUT2D eigenvalue weighted by atomic mass is 9.90. The van der Waals surface area contributed by atoms with Gasteiger partial charge in [0.2, 0.25) is 11.4 Å². The van der Waals surface area contributed by atoms with E-state index in [-0.39, 0.29) is 13.0 Å². The molecule has 1 aromatic carbocycles. The van der Waals surface area contributed by atoms with Crippen LogP contribution < -0.4 is 5.32 Å². The number of amides is 1. The molecule has 1 amide bonds. The molecule has 6 nitrogen and oxygen atoms in total. The molecule has 20 heavy (non-hydrogen) atoms. The molecule has 0 radical (unpaired) electrons. The number of carboxylic acids is 1. The zero-order chi connectivity index (χ0) is 15.2. The number of carbonyl (C=O) groups excluding carboxylic acids is 2. The lowest BCUT2D eigenvalue weighted by molar-refractivity contribution is -0.164. The first-order chi connectivity index (χ1) is 9.42. The first-order valence-corrected chi connectivity index (χ1v) is 6.15. The highest BCUT2D eigenvalue weighted by Crippen LogP contribution is 2.17. The van der Waals surface area contributed by atoms with Gasteiger partial charge in [0, 0.05) is 13.3 Å². The van der Waals surface area contributed by atoms with E-state index in [0.717, 1.165) is 6.92 Å². The molecule has 0 saturated carbocycles. The number of hydrogen-bond donors (Lipinski definition) is 2. The molecule has 0 aliphatic heterocycles. The van der Waals surface area contributed by atoms with Gasteiger partial charge in [0.05, 0.1) is 6.61 Å². The Morgan fingerprint density at radius 3 is 2.30 bits per heavy atom. The summed E-state index contributed by atoms with van der Waals surface area (Å²) in [6.07, 6.45) is -0.179. The third-order valence-corrected chi connectivity index (χ3v) is 2.69. The Bertz CT molecular complexity index is 500. The maximum atomic E-state index is 12.0. The zero-order valence-electron chi connectivity index (χ0n) is 11.4. The van der Waals surface area contributed by atoms with Crippen LogP contribution in [-0.4, -0.2) is 35.1 Å². The minimum absolute atomic E-state index is 0.0300. The van der Waals surface area contributed by atoms with Crippen LogP contribution in [0.3, 0.4) is 0 Å². The normalized spacial score (nSPS) is 13.1. The highest BCUT2D eigenvalue weighted by atomic mass is 16.5. The highest BCUT2D eigenvalue weighted by Gasteiger charge is 2.48. The molecule has 0 saturated heterocycles. The van der Waals surface area contributed by atoms with E-state index in [0.29, 0.717) is 5.56 Å². The molecule has 0 aliphatic carbocycles. The molecule has 1 aromatic rings. The quantitative estimate of drug-likeness (QED) is 0.592. The number of nitrogens with one attached hydrogen (secondary N) is 1. The second kappa shape index (κ2) is 6.70. The summed E-state index contributed by atoms with van der Waals surface area (Å²) in [6.45, 7) is 2.75. The zero-order valence-corrected chi connectivity index (χ0v) is 11.4. The van der Waals surface area contributed by atoms with Crippen LogP contribution in [0.4, 0.5) is 0 Å². The van der Waals surface area contributed by atoms with Crippen LogP contribution in [0.25, 0.3) is 0 Å². The summed E-state index contributed by atoms with van der Waals surface area (Å²) in [5, 5.41) is 11.6. The van der Waals surface area contributed by atoms with E-state index in [9.17, 15) is 19.5 Å². The van der Waals surface area contributed by atoms with E-state index < -0.39 is 23.4 Å². The number of carbonyl (C=O) groups is 3. The second-order valence-corrected chi connectivity index (χ2v) is 4.27. The van der Waals surface area contributed by atoms with E-state index in [2.05, 4.69) is 5.32 Å². The Labute approximate surface area is 116 Å². The van der Waals surface area contributed by atoms with Crippen LogP contribution in [0.1, 0.15) is 19.4 Å². The lowest BCUT2D eigenvalue weighted by Gasteiger charge is -2.27. The number of benzene rings is 1. The molecule has 0 bridgehead atoms. The number of aliphatic carboxylic acids is 1. The second-order valence-electron chi connectivity index (χ2n) is 4.27. The van der Waals surface area contributed by atoms with Crippen molar-refractivity contribution in [2.45, 2.75) is 25.8 Å². The fraction of sp³-hybridized carbons (Fsp3) is 0.357. The van der Waals surface area contributed by atoms with Gasteiger partial charge < -0.3 is 15.2 Å². The van der Waals surface area contributed by atoms with Gasteiger partial charge in [0.15, 0.2) is 0 Å². The molecule has 0 spiro atoms. The van der Waals surface area contributed by atoms with Crippen molar-refractivity contribution in [1.82, 2.24) is 5.32 Å². The van der Waals surface area contributed by atoms with E-state index in [1.807, 2.05) is 0 Å². The van der Waals surface area contributed by atoms with Crippen LogP contribution in [0.5, 0.6) is 0 Å². The third kappa shape index (κ3) is 3.57. The maximum Gasteiger partial charge on any atom is 0.344 e. The lowest BCUT2D eigenvalue weighted by Crippen LogP contribution is -2.61. The maximum absolute atomic E-state index is 12.0.